The molecule has 0 N–H and O–H groups in total. The fraction of sp³-hybridized carbons (Fsp3) is 0.280. The van der Waals surface area contributed by atoms with Gasteiger partial charge in [-0.05, 0) is 49.9 Å². The van der Waals surface area contributed by atoms with E-state index < -0.39 is 0 Å². The van der Waals surface area contributed by atoms with Gasteiger partial charge in [0.15, 0.2) is 6.29 Å². The summed E-state index contributed by atoms with van der Waals surface area (Å²) in [6, 6.07) is 18.1. The van der Waals surface area contributed by atoms with Gasteiger partial charge < -0.3 is 14.0 Å². The number of imidazole rings is 1. The van der Waals surface area contributed by atoms with Crippen molar-refractivity contribution in [1.82, 2.24) is 9.55 Å². The van der Waals surface area contributed by atoms with E-state index in [-0.39, 0.29) is 12.4 Å². The Morgan fingerprint density at radius 1 is 1.10 bits per heavy atom. The Morgan fingerprint density at radius 3 is 2.76 bits per heavy atom. The number of benzene rings is 2. The van der Waals surface area contributed by atoms with Crippen LogP contribution in [0, 0.1) is 18.4 Å². The minimum absolute atomic E-state index is 0.145. The van der Waals surface area contributed by atoms with Crippen LogP contribution in [-0.4, -0.2) is 22.4 Å². The van der Waals surface area contributed by atoms with E-state index in [1.54, 1.807) is 6.20 Å². The monoisotopic (exact) mass is 385 g/mol. The Kier molecular flexibility index (Phi) is 6.41. The zero-order chi connectivity index (χ0) is 19.9. The van der Waals surface area contributed by atoms with Gasteiger partial charge in [0.2, 0.25) is 0 Å². The largest absolute Gasteiger partial charge is 0.353 e. The predicted octanol–water partition coefficient (Wildman–Crippen LogP) is 4.95. The highest BCUT2D eigenvalue weighted by Crippen LogP contribution is 2.24. The summed E-state index contributed by atoms with van der Waals surface area (Å²) in [6.07, 6.45) is 6.62. The van der Waals surface area contributed by atoms with Crippen LogP contribution in [0.25, 0.3) is 0 Å². The summed E-state index contributed by atoms with van der Waals surface area (Å²) in [4.78, 5) is 4.52. The van der Waals surface area contributed by atoms with Crippen LogP contribution in [0.15, 0.2) is 67.0 Å². The van der Waals surface area contributed by atoms with Gasteiger partial charge in [-0.3, -0.25) is 0 Å². The van der Waals surface area contributed by atoms with E-state index >= 15 is 0 Å². The molecule has 0 saturated carbocycles. The van der Waals surface area contributed by atoms with Crippen LogP contribution < -0.4 is 0 Å². The quantitative estimate of drug-likeness (QED) is 0.584. The first kappa shape index (κ1) is 19.4. The van der Waals surface area contributed by atoms with Crippen molar-refractivity contribution in [2.75, 3.05) is 6.61 Å². The molecule has 0 amide bonds. The highest BCUT2D eigenvalue weighted by molar-refractivity contribution is 5.48. The summed E-state index contributed by atoms with van der Waals surface area (Å²) in [5.41, 5.74) is 3.01. The molecule has 2 aromatic carbocycles. The van der Waals surface area contributed by atoms with Gasteiger partial charge in [0.05, 0.1) is 6.54 Å². The number of hydrogen-bond acceptors (Lipinski definition) is 3. The van der Waals surface area contributed by atoms with Gasteiger partial charge in [0, 0.05) is 30.1 Å². The molecule has 147 valence electrons. The van der Waals surface area contributed by atoms with Gasteiger partial charge in [-0.25, -0.2) is 4.98 Å². The maximum Gasteiger partial charge on any atom is 0.158 e. The first-order chi connectivity index (χ1) is 14.3. The summed E-state index contributed by atoms with van der Waals surface area (Å²) in [7, 11) is 0. The lowest BCUT2D eigenvalue weighted by molar-refractivity contribution is -0.187. The molecule has 1 unspecified atom stereocenters. The number of hydrogen-bond donors (Lipinski definition) is 0. The number of nitrogens with zero attached hydrogens (tertiary/aromatic N) is 2. The number of ether oxygens (including phenoxy) is 2. The lowest BCUT2D eigenvalue weighted by Gasteiger charge is -2.26. The average molecular weight is 385 g/mol. The molecule has 1 saturated heterocycles. The van der Waals surface area contributed by atoms with Crippen LogP contribution in [0.2, 0.25) is 0 Å². The van der Waals surface area contributed by atoms with Crippen molar-refractivity contribution >= 4 is 0 Å². The Morgan fingerprint density at radius 2 is 1.93 bits per heavy atom. The third-order valence-corrected chi connectivity index (χ3v) is 4.91. The summed E-state index contributed by atoms with van der Waals surface area (Å²) >= 11 is 0. The molecule has 0 spiro atoms. The van der Waals surface area contributed by atoms with Crippen molar-refractivity contribution in [2.45, 2.75) is 38.6 Å². The van der Waals surface area contributed by atoms with E-state index in [0.717, 1.165) is 48.4 Å². The van der Waals surface area contributed by atoms with Crippen molar-refractivity contribution in [3.8, 4) is 11.8 Å². The van der Waals surface area contributed by atoms with Crippen LogP contribution in [0.1, 0.15) is 54.8 Å². The molecule has 0 aliphatic carbocycles. The Hall–Kier alpha value is -2.87. The van der Waals surface area contributed by atoms with Crippen LogP contribution in [0.4, 0.5) is 0 Å². The molecule has 4 rings (SSSR count). The zero-order valence-electron chi connectivity index (χ0n) is 16.6. The summed E-state index contributed by atoms with van der Waals surface area (Å²) in [6.45, 7) is 4.84. The zero-order valence-corrected chi connectivity index (χ0v) is 16.6. The fourth-order valence-electron chi connectivity index (χ4n) is 3.39. The highest BCUT2D eigenvalue weighted by atomic mass is 16.7. The molecule has 0 bridgehead atoms. The molecular formula is C25H25N2O2. The highest BCUT2D eigenvalue weighted by Gasteiger charge is 2.21. The minimum Gasteiger partial charge on any atom is -0.353 e. The van der Waals surface area contributed by atoms with Crippen molar-refractivity contribution < 1.29 is 9.47 Å². The molecule has 1 radical (unpaired) electrons. The summed E-state index contributed by atoms with van der Waals surface area (Å²) in [5.74, 6) is 7.38. The second-order valence-corrected chi connectivity index (χ2v) is 7.10. The van der Waals surface area contributed by atoms with E-state index in [9.17, 15) is 0 Å². The fourth-order valence-corrected chi connectivity index (χ4v) is 3.39. The standard InChI is InChI=1S/C25H25N2O2/c1-20(29-24-13-7-8-18-28-24)25-26-16-17-27(25)19-23-12-6-5-11-22(23)15-14-21-9-3-2-4-10-21/h2-6,9-12,16-17,19-20,24H,7-8,13,18H2,1H3/t20-,24?/m0/s1. The number of rotatable bonds is 5. The molecule has 2 heterocycles. The molecule has 3 aromatic rings. The van der Waals surface area contributed by atoms with Crippen LogP contribution in [-0.2, 0) is 9.47 Å². The second kappa shape index (κ2) is 9.56. The topological polar surface area (TPSA) is 36.3 Å². The van der Waals surface area contributed by atoms with E-state index in [0.29, 0.717) is 0 Å². The second-order valence-electron chi connectivity index (χ2n) is 7.10. The molecule has 2 atom stereocenters. The van der Waals surface area contributed by atoms with Crippen molar-refractivity contribution in [3.05, 3.63) is 96.1 Å². The predicted molar refractivity (Wildman–Crippen MR) is 113 cm³/mol. The minimum atomic E-state index is -0.160. The van der Waals surface area contributed by atoms with Crippen molar-refractivity contribution in [3.63, 3.8) is 0 Å². The Balaban J connectivity index is 1.51. The van der Waals surface area contributed by atoms with E-state index in [2.05, 4.69) is 29.4 Å². The third kappa shape index (κ3) is 5.14. The first-order valence-corrected chi connectivity index (χ1v) is 10.1. The lowest BCUT2D eigenvalue weighted by atomic mass is 10.1. The van der Waals surface area contributed by atoms with Gasteiger partial charge in [0.25, 0.3) is 0 Å². The van der Waals surface area contributed by atoms with Gasteiger partial charge >= 0.3 is 0 Å². The summed E-state index contributed by atoms with van der Waals surface area (Å²) < 4.78 is 13.8. The molecular weight excluding hydrogens is 360 g/mol. The maximum absolute atomic E-state index is 6.10. The SMILES string of the molecule is C[C@H](OC1CCCCO1)c1nccn1[CH]c1ccccc1C#Cc1ccccc1. The van der Waals surface area contributed by atoms with Crippen molar-refractivity contribution in [2.24, 2.45) is 0 Å². The van der Waals surface area contributed by atoms with Gasteiger partial charge in [-0.1, -0.05) is 48.2 Å². The number of aromatic nitrogens is 2. The maximum atomic E-state index is 6.10. The molecule has 1 aromatic heterocycles. The molecule has 4 heteroatoms. The smallest absolute Gasteiger partial charge is 0.158 e. The van der Waals surface area contributed by atoms with Crippen LogP contribution in [0.5, 0.6) is 0 Å². The third-order valence-electron chi connectivity index (χ3n) is 4.91. The molecule has 29 heavy (non-hydrogen) atoms. The molecule has 1 fully saturated rings. The van der Waals surface area contributed by atoms with Crippen LogP contribution >= 0.6 is 0 Å². The Labute approximate surface area is 172 Å². The normalized spacial score (nSPS) is 17.3. The lowest BCUT2D eigenvalue weighted by Crippen LogP contribution is -2.24. The molecule has 1 aliphatic heterocycles. The Bertz CT molecular complexity index is 979. The molecule has 1 aliphatic rings. The molecule has 4 nitrogen and oxygen atoms in total. The van der Waals surface area contributed by atoms with Crippen LogP contribution in [0.3, 0.4) is 0 Å². The van der Waals surface area contributed by atoms with Gasteiger partial charge in [-0.2, -0.15) is 0 Å². The van der Waals surface area contributed by atoms with E-state index in [1.165, 1.54) is 0 Å². The average Bonchev–Trinajstić information content (AvgIpc) is 3.23. The van der Waals surface area contributed by atoms with E-state index in [4.69, 9.17) is 9.47 Å². The van der Waals surface area contributed by atoms with E-state index in [1.807, 2.05) is 66.2 Å². The van der Waals surface area contributed by atoms with Gasteiger partial charge in [0.1, 0.15) is 11.9 Å². The van der Waals surface area contributed by atoms with Crippen molar-refractivity contribution in [1.29, 1.82) is 0 Å². The summed E-state index contributed by atoms with van der Waals surface area (Å²) in [5, 5.41) is 0. The first-order valence-electron chi connectivity index (χ1n) is 10.1. The van der Waals surface area contributed by atoms with Gasteiger partial charge in [-0.15, -0.1) is 0 Å².